The standard InChI is InChI=1S/C27H32ClN3O3/c1-3-22-23(26(32)5-4-16-34-2)10-11-25-24(22)18-31(29-25)17-19-12-14-30(15-13-19)27(33)20-6-8-21(28)9-7-20/h6-11,18-19H,3-5,12-17H2,1-2H3. The highest BCUT2D eigenvalue weighted by atomic mass is 35.5. The van der Waals surface area contributed by atoms with Crippen molar-refractivity contribution in [1.82, 2.24) is 14.7 Å². The third-order valence-corrected chi connectivity index (χ3v) is 6.94. The number of carbonyl (C=O) groups excluding carboxylic acids is 2. The van der Waals surface area contributed by atoms with E-state index in [1.165, 1.54) is 0 Å². The number of carbonyl (C=O) groups is 2. The second kappa shape index (κ2) is 11.2. The summed E-state index contributed by atoms with van der Waals surface area (Å²) in [4.78, 5) is 27.4. The lowest BCUT2D eigenvalue weighted by Gasteiger charge is -2.32. The molecule has 0 unspecified atom stereocenters. The molecule has 2 aromatic carbocycles. The number of fused-ring (bicyclic) bond motifs is 1. The highest BCUT2D eigenvalue weighted by Gasteiger charge is 2.24. The summed E-state index contributed by atoms with van der Waals surface area (Å²) >= 11 is 5.94. The molecule has 0 N–H and O–H groups in total. The van der Waals surface area contributed by atoms with Crippen LogP contribution in [-0.4, -0.2) is 53.2 Å². The highest BCUT2D eigenvalue weighted by molar-refractivity contribution is 6.30. The topological polar surface area (TPSA) is 64.4 Å². The number of amides is 1. The number of hydrogen-bond donors (Lipinski definition) is 0. The van der Waals surface area contributed by atoms with Gasteiger partial charge in [-0.05, 0) is 73.6 Å². The number of methoxy groups -OCH3 is 1. The van der Waals surface area contributed by atoms with Crippen LogP contribution in [0.15, 0.2) is 42.6 Å². The number of aryl methyl sites for hydroxylation is 1. The second-order valence-electron chi connectivity index (χ2n) is 8.99. The predicted octanol–water partition coefficient (Wildman–Crippen LogP) is 5.41. The van der Waals surface area contributed by atoms with E-state index in [2.05, 4.69) is 13.1 Å². The first kappa shape index (κ1) is 24.4. The van der Waals surface area contributed by atoms with Gasteiger partial charge in [-0.3, -0.25) is 14.3 Å². The third-order valence-electron chi connectivity index (χ3n) is 6.69. The highest BCUT2D eigenvalue weighted by Crippen LogP contribution is 2.26. The molecule has 1 aromatic heterocycles. The summed E-state index contributed by atoms with van der Waals surface area (Å²) in [5, 5.41) is 6.49. The van der Waals surface area contributed by atoms with E-state index in [1.807, 2.05) is 21.7 Å². The third kappa shape index (κ3) is 5.50. The molecule has 0 aliphatic carbocycles. The zero-order valence-electron chi connectivity index (χ0n) is 19.9. The second-order valence-corrected chi connectivity index (χ2v) is 9.43. The fourth-order valence-corrected chi connectivity index (χ4v) is 4.93. The van der Waals surface area contributed by atoms with Crippen LogP contribution in [0.1, 0.15) is 58.9 Å². The average molecular weight is 482 g/mol. The molecule has 0 saturated carbocycles. The summed E-state index contributed by atoms with van der Waals surface area (Å²) < 4.78 is 7.10. The van der Waals surface area contributed by atoms with E-state index in [0.29, 0.717) is 29.5 Å². The van der Waals surface area contributed by atoms with Gasteiger partial charge >= 0.3 is 0 Å². The maximum atomic E-state index is 12.8. The van der Waals surface area contributed by atoms with Gasteiger partial charge in [-0.25, -0.2) is 0 Å². The number of Topliss-reactive ketones (excluding diaryl/α,β-unsaturated/α-hetero) is 1. The maximum Gasteiger partial charge on any atom is 0.253 e. The van der Waals surface area contributed by atoms with Gasteiger partial charge in [-0.15, -0.1) is 0 Å². The molecular formula is C27H32ClN3O3. The minimum Gasteiger partial charge on any atom is -0.385 e. The Labute approximate surface area is 205 Å². The minimum atomic E-state index is 0.0650. The van der Waals surface area contributed by atoms with Crippen molar-refractivity contribution in [3.8, 4) is 0 Å². The van der Waals surface area contributed by atoms with Gasteiger partial charge in [0.25, 0.3) is 5.91 Å². The number of halogens is 1. The van der Waals surface area contributed by atoms with Crippen LogP contribution in [0.5, 0.6) is 0 Å². The predicted molar refractivity (Wildman–Crippen MR) is 135 cm³/mol. The first-order valence-electron chi connectivity index (χ1n) is 12.1. The molecule has 2 heterocycles. The number of likely N-dealkylation sites (tertiary alicyclic amines) is 1. The Morgan fingerprint density at radius 1 is 1.12 bits per heavy atom. The van der Waals surface area contributed by atoms with Crippen molar-refractivity contribution in [2.75, 3.05) is 26.8 Å². The molecule has 1 aliphatic rings. The van der Waals surface area contributed by atoms with E-state index < -0.39 is 0 Å². The van der Waals surface area contributed by atoms with Gasteiger partial charge in [0.05, 0.1) is 5.52 Å². The molecule has 7 heteroatoms. The van der Waals surface area contributed by atoms with Crippen molar-refractivity contribution in [3.63, 3.8) is 0 Å². The zero-order chi connectivity index (χ0) is 24.1. The normalized spacial score (nSPS) is 14.6. The molecule has 1 amide bonds. The SMILES string of the molecule is CCc1c(C(=O)CCCOC)ccc2nn(CC3CCN(C(=O)c4ccc(Cl)cc4)CC3)cc12. The Bertz CT molecular complexity index is 1150. The molecule has 0 radical (unpaired) electrons. The van der Waals surface area contributed by atoms with Gasteiger partial charge < -0.3 is 9.64 Å². The summed E-state index contributed by atoms with van der Waals surface area (Å²) in [6.07, 6.45) is 5.99. The number of hydrogen-bond acceptors (Lipinski definition) is 4. The van der Waals surface area contributed by atoms with Gasteiger partial charge in [-0.1, -0.05) is 18.5 Å². The van der Waals surface area contributed by atoms with Crippen LogP contribution < -0.4 is 0 Å². The summed E-state index contributed by atoms with van der Waals surface area (Å²) in [5.41, 5.74) is 3.50. The summed E-state index contributed by atoms with van der Waals surface area (Å²) in [5.74, 6) is 0.695. The lowest BCUT2D eigenvalue weighted by molar-refractivity contribution is 0.0681. The van der Waals surface area contributed by atoms with Crippen LogP contribution in [0.25, 0.3) is 10.9 Å². The summed E-state index contributed by atoms with van der Waals surface area (Å²) in [7, 11) is 1.66. The number of rotatable bonds is 9. The Kier molecular flexibility index (Phi) is 8.01. The Balaban J connectivity index is 1.40. The molecule has 1 saturated heterocycles. The quantitative estimate of drug-likeness (QED) is 0.302. The Morgan fingerprint density at radius 3 is 2.53 bits per heavy atom. The fraction of sp³-hybridized carbons (Fsp3) is 0.444. The van der Waals surface area contributed by atoms with E-state index in [1.54, 1.807) is 31.4 Å². The molecule has 34 heavy (non-hydrogen) atoms. The molecule has 180 valence electrons. The lowest BCUT2D eigenvalue weighted by Crippen LogP contribution is -2.39. The number of ether oxygens (including phenoxy) is 1. The van der Waals surface area contributed by atoms with Crippen LogP contribution in [-0.2, 0) is 17.7 Å². The average Bonchev–Trinajstić information content (AvgIpc) is 3.26. The van der Waals surface area contributed by atoms with E-state index >= 15 is 0 Å². The smallest absolute Gasteiger partial charge is 0.253 e. The van der Waals surface area contributed by atoms with Crippen LogP contribution in [0.2, 0.25) is 5.02 Å². The first-order valence-corrected chi connectivity index (χ1v) is 12.4. The number of nitrogens with zero attached hydrogens (tertiary/aromatic N) is 3. The monoisotopic (exact) mass is 481 g/mol. The van der Waals surface area contributed by atoms with E-state index in [4.69, 9.17) is 21.4 Å². The molecule has 0 bridgehead atoms. The minimum absolute atomic E-state index is 0.0650. The van der Waals surface area contributed by atoms with Gasteiger partial charge in [0.2, 0.25) is 0 Å². The van der Waals surface area contributed by atoms with Gasteiger partial charge in [-0.2, -0.15) is 5.10 Å². The summed E-state index contributed by atoms with van der Waals surface area (Å²) in [6.45, 7) is 4.99. The number of benzene rings is 2. The van der Waals surface area contributed by atoms with Crippen molar-refractivity contribution in [3.05, 3.63) is 64.3 Å². The van der Waals surface area contributed by atoms with Crippen LogP contribution in [0.3, 0.4) is 0 Å². The molecule has 4 rings (SSSR count). The van der Waals surface area contributed by atoms with Crippen molar-refractivity contribution in [2.45, 2.75) is 45.6 Å². The number of ketones is 1. The fourth-order valence-electron chi connectivity index (χ4n) is 4.81. The molecule has 3 aromatic rings. The Hall–Kier alpha value is -2.70. The van der Waals surface area contributed by atoms with Gasteiger partial charge in [0.1, 0.15) is 0 Å². The van der Waals surface area contributed by atoms with E-state index in [9.17, 15) is 9.59 Å². The Morgan fingerprint density at radius 2 is 1.85 bits per heavy atom. The first-order chi connectivity index (χ1) is 16.5. The van der Waals surface area contributed by atoms with Crippen molar-refractivity contribution in [2.24, 2.45) is 5.92 Å². The van der Waals surface area contributed by atoms with Gasteiger partial charge in [0, 0.05) is 67.5 Å². The van der Waals surface area contributed by atoms with Crippen LogP contribution in [0, 0.1) is 5.92 Å². The number of piperidine rings is 1. The molecular weight excluding hydrogens is 450 g/mol. The van der Waals surface area contributed by atoms with Crippen molar-refractivity contribution in [1.29, 1.82) is 0 Å². The maximum absolute atomic E-state index is 12.8. The zero-order valence-corrected chi connectivity index (χ0v) is 20.7. The molecule has 0 atom stereocenters. The molecule has 1 fully saturated rings. The van der Waals surface area contributed by atoms with Crippen LogP contribution >= 0.6 is 11.6 Å². The van der Waals surface area contributed by atoms with Crippen molar-refractivity contribution < 1.29 is 14.3 Å². The van der Waals surface area contributed by atoms with Crippen LogP contribution in [0.4, 0.5) is 0 Å². The molecule has 6 nitrogen and oxygen atoms in total. The van der Waals surface area contributed by atoms with E-state index in [-0.39, 0.29) is 11.7 Å². The largest absolute Gasteiger partial charge is 0.385 e. The van der Waals surface area contributed by atoms with E-state index in [0.717, 1.165) is 67.3 Å². The molecule has 1 aliphatic heterocycles. The van der Waals surface area contributed by atoms with Crippen molar-refractivity contribution >= 4 is 34.2 Å². The van der Waals surface area contributed by atoms with Gasteiger partial charge in [0.15, 0.2) is 5.78 Å². The number of aromatic nitrogens is 2. The lowest BCUT2D eigenvalue weighted by atomic mass is 9.95. The summed E-state index contributed by atoms with van der Waals surface area (Å²) in [6, 6.07) is 11.0. The molecule has 0 spiro atoms.